The SMILES string of the molecule is Cc1nc2c(ncn2[C@@H]2O[C@@H]3CO[Si](C(C)C)(C(C)C)O[Si](C(C)C)(C(C)C)OC3[C@H]2O)c(=O)[nH]1. The first-order chi connectivity index (χ1) is 16.3. The highest BCUT2D eigenvalue weighted by Gasteiger charge is 2.61. The Kier molecular flexibility index (Phi) is 7.21. The van der Waals surface area contributed by atoms with Crippen molar-refractivity contribution in [2.24, 2.45) is 0 Å². The molecular weight excluding hydrogens is 484 g/mol. The number of aromatic nitrogens is 4. The maximum absolute atomic E-state index is 12.4. The molecule has 0 aliphatic carbocycles. The zero-order valence-corrected chi connectivity index (χ0v) is 24.2. The molecule has 1 unspecified atom stereocenters. The molecule has 2 aromatic heterocycles. The molecule has 2 saturated heterocycles. The highest BCUT2D eigenvalue weighted by Crippen LogP contribution is 2.48. The molecule has 196 valence electrons. The first-order valence-corrected chi connectivity index (χ1v) is 16.6. The molecule has 0 aromatic carbocycles. The monoisotopic (exact) mass is 524 g/mol. The molecule has 2 aromatic rings. The number of H-pyrrole nitrogens is 1. The van der Waals surface area contributed by atoms with E-state index >= 15 is 0 Å². The van der Waals surface area contributed by atoms with Gasteiger partial charge >= 0.3 is 17.1 Å². The van der Waals surface area contributed by atoms with Gasteiger partial charge in [-0.2, -0.15) is 0 Å². The largest absolute Gasteiger partial charge is 0.414 e. The van der Waals surface area contributed by atoms with Gasteiger partial charge in [0.05, 0.1) is 12.9 Å². The van der Waals surface area contributed by atoms with Crippen LogP contribution in [0.3, 0.4) is 0 Å². The predicted molar refractivity (Wildman–Crippen MR) is 137 cm³/mol. The number of imidazole rings is 1. The van der Waals surface area contributed by atoms with Crippen molar-refractivity contribution in [1.82, 2.24) is 19.5 Å². The summed E-state index contributed by atoms with van der Waals surface area (Å²) in [5.41, 5.74) is 0.945. The van der Waals surface area contributed by atoms with Crippen molar-refractivity contribution in [1.29, 1.82) is 0 Å². The molecule has 10 nitrogen and oxygen atoms in total. The maximum atomic E-state index is 12.4. The van der Waals surface area contributed by atoms with Crippen LogP contribution in [0.25, 0.3) is 11.2 Å². The quantitative estimate of drug-likeness (QED) is 0.569. The Balaban J connectivity index is 1.79. The highest BCUT2D eigenvalue weighted by molar-refractivity contribution is 6.83. The summed E-state index contributed by atoms with van der Waals surface area (Å²) in [5.74, 6) is 0.464. The summed E-state index contributed by atoms with van der Waals surface area (Å²) < 4.78 is 28.9. The molecular formula is C23H40N4O6Si2. The fraction of sp³-hybridized carbons (Fsp3) is 0.783. The van der Waals surface area contributed by atoms with Crippen LogP contribution in [0.4, 0.5) is 0 Å². The summed E-state index contributed by atoms with van der Waals surface area (Å²) in [6.07, 6.45) is -1.46. The number of nitrogens with one attached hydrogen (secondary N) is 1. The van der Waals surface area contributed by atoms with Crippen molar-refractivity contribution in [3.05, 3.63) is 22.5 Å². The molecule has 0 bridgehead atoms. The lowest BCUT2D eigenvalue weighted by Gasteiger charge is -2.51. The normalized spacial score (nSPS) is 28.7. The van der Waals surface area contributed by atoms with Crippen LogP contribution >= 0.6 is 0 Å². The minimum atomic E-state index is -2.89. The Morgan fingerprint density at radius 2 is 1.66 bits per heavy atom. The summed E-state index contributed by atoms with van der Waals surface area (Å²) in [7, 11) is -5.60. The molecule has 2 aliphatic heterocycles. The minimum Gasteiger partial charge on any atom is -0.414 e. The second-order valence-electron chi connectivity index (χ2n) is 11.1. The lowest BCUT2D eigenvalue weighted by molar-refractivity contribution is -0.0570. The van der Waals surface area contributed by atoms with E-state index in [1.165, 1.54) is 6.33 Å². The highest BCUT2D eigenvalue weighted by atomic mass is 28.5. The average molecular weight is 525 g/mol. The summed E-state index contributed by atoms with van der Waals surface area (Å²) in [4.78, 5) is 23.7. The fourth-order valence-electron chi connectivity index (χ4n) is 5.59. The van der Waals surface area contributed by atoms with Crippen LogP contribution in [0.1, 0.15) is 67.4 Å². The van der Waals surface area contributed by atoms with E-state index in [1.807, 2.05) is 0 Å². The fourth-order valence-corrected chi connectivity index (χ4v) is 16.8. The third kappa shape index (κ3) is 4.26. The molecule has 2 aliphatic rings. The lowest BCUT2D eigenvalue weighted by Crippen LogP contribution is -2.65. The third-order valence-electron chi connectivity index (χ3n) is 7.47. The van der Waals surface area contributed by atoms with Gasteiger partial charge < -0.3 is 27.8 Å². The Morgan fingerprint density at radius 1 is 1.06 bits per heavy atom. The van der Waals surface area contributed by atoms with Crippen molar-refractivity contribution >= 4 is 28.3 Å². The Bertz CT molecular complexity index is 1100. The predicted octanol–water partition coefficient (Wildman–Crippen LogP) is 3.64. The van der Waals surface area contributed by atoms with E-state index in [0.717, 1.165) is 0 Å². The summed E-state index contributed by atoms with van der Waals surface area (Å²) in [5, 5.41) is 11.5. The number of nitrogens with zero attached hydrogens (tertiary/aromatic N) is 3. The number of aliphatic hydroxyl groups is 1. The summed E-state index contributed by atoms with van der Waals surface area (Å²) in [6, 6.07) is 0. The molecule has 12 heteroatoms. The Labute approximate surface area is 208 Å². The van der Waals surface area contributed by atoms with E-state index in [1.54, 1.807) is 11.5 Å². The molecule has 0 saturated carbocycles. The second-order valence-corrected chi connectivity index (χ2v) is 19.9. The van der Waals surface area contributed by atoms with Gasteiger partial charge in [-0.15, -0.1) is 0 Å². The number of rotatable bonds is 5. The molecule has 4 heterocycles. The van der Waals surface area contributed by atoms with Crippen LogP contribution in [0.15, 0.2) is 11.1 Å². The van der Waals surface area contributed by atoms with Gasteiger partial charge in [0.15, 0.2) is 17.4 Å². The lowest BCUT2D eigenvalue weighted by atomic mass is 10.1. The molecule has 35 heavy (non-hydrogen) atoms. The maximum Gasteiger partial charge on any atom is 0.335 e. The van der Waals surface area contributed by atoms with Crippen LogP contribution in [-0.4, -0.2) is 66.7 Å². The zero-order valence-electron chi connectivity index (χ0n) is 22.2. The molecule has 0 amide bonds. The standard InChI is InChI=1S/C23H40N4O6Si2/c1-12(2)34(13(3)4)30-10-17-20(32-35(33-34,14(5)6)15(7)8)19(28)23(31-17)27-11-24-18-21(27)25-16(9)26-22(18)29/h11-15,17,19-20,23,28H,10H2,1-9H3,(H,25,26,29)/t17-,19-,20?,23-/m1/s1. The summed E-state index contributed by atoms with van der Waals surface area (Å²) in [6.45, 7) is 19.2. The van der Waals surface area contributed by atoms with Crippen LogP contribution < -0.4 is 5.56 Å². The van der Waals surface area contributed by atoms with Gasteiger partial charge in [0.1, 0.15) is 24.1 Å². The van der Waals surface area contributed by atoms with Crippen molar-refractivity contribution in [2.75, 3.05) is 6.61 Å². The topological polar surface area (TPSA) is 121 Å². The Morgan fingerprint density at radius 3 is 2.23 bits per heavy atom. The minimum absolute atomic E-state index is 0.137. The van der Waals surface area contributed by atoms with Crippen LogP contribution in [0.2, 0.25) is 22.2 Å². The van der Waals surface area contributed by atoms with E-state index in [2.05, 4.69) is 70.3 Å². The Hall–Kier alpha value is -1.42. The number of ether oxygens (including phenoxy) is 1. The van der Waals surface area contributed by atoms with Crippen LogP contribution in [0.5, 0.6) is 0 Å². The molecule has 0 spiro atoms. The number of aromatic amines is 1. The van der Waals surface area contributed by atoms with Gasteiger partial charge in [0, 0.05) is 0 Å². The van der Waals surface area contributed by atoms with Crippen molar-refractivity contribution < 1.29 is 22.8 Å². The van der Waals surface area contributed by atoms with Crippen molar-refractivity contribution in [3.8, 4) is 0 Å². The van der Waals surface area contributed by atoms with Crippen molar-refractivity contribution in [2.45, 2.75) is 109 Å². The van der Waals surface area contributed by atoms with Crippen LogP contribution in [0, 0.1) is 6.92 Å². The van der Waals surface area contributed by atoms with E-state index in [4.69, 9.17) is 17.7 Å². The van der Waals surface area contributed by atoms with E-state index in [9.17, 15) is 9.90 Å². The summed E-state index contributed by atoms with van der Waals surface area (Å²) >= 11 is 0. The molecule has 2 fully saturated rings. The van der Waals surface area contributed by atoms with Gasteiger partial charge in [-0.1, -0.05) is 55.4 Å². The van der Waals surface area contributed by atoms with Gasteiger partial charge in [-0.3, -0.25) is 9.36 Å². The van der Waals surface area contributed by atoms with Gasteiger partial charge in [-0.25, -0.2) is 9.97 Å². The van der Waals surface area contributed by atoms with E-state index in [0.29, 0.717) is 11.5 Å². The first kappa shape index (κ1) is 26.6. The smallest absolute Gasteiger partial charge is 0.335 e. The van der Waals surface area contributed by atoms with Gasteiger partial charge in [0.25, 0.3) is 5.56 Å². The van der Waals surface area contributed by atoms with Crippen molar-refractivity contribution in [3.63, 3.8) is 0 Å². The third-order valence-corrected chi connectivity index (χ3v) is 17.7. The van der Waals surface area contributed by atoms with Crippen LogP contribution in [-0.2, 0) is 17.7 Å². The van der Waals surface area contributed by atoms with Gasteiger partial charge in [-0.05, 0) is 29.1 Å². The van der Waals surface area contributed by atoms with E-state index < -0.39 is 41.7 Å². The number of aryl methyl sites for hydroxylation is 1. The molecule has 4 atom stereocenters. The first-order valence-electron chi connectivity index (χ1n) is 12.6. The van der Waals surface area contributed by atoms with E-state index in [-0.39, 0.29) is 39.8 Å². The number of fused-ring (bicyclic) bond motifs is 2. The average Bonchev–Trinajstić information content (AvgIpc) is 3.28. The number of aliphatic hydroxyl groups excluding tert-OH is 1. The molecule has 0 radical (unpaired) electrons. The second kappa shape index (κ2) is 9.47. The number of hydrogen-bond acceptors (Lipinski definition) is 8. The number of hydrogen-bond donors (Lipinski definition) is 2. The van der Waals surface area contributed by atoms with Gasteiger partial charge in [0.2, 0.25) is 0 Å². The molecule has 2 N–H and O–H groups in total. The molecule has 4 rings (SSSR count). The zero-order chi connectivity index (χ0) is 25.9.